The Hall–Kier alpha value is -1.26. The summed E-state index contributed by atoms with van der Waals surface area (Å²) in [6, 6.07) is 0.201. The summed E-state index contributed by atoms with van der Waals surface area (Å²) < 4.78 is 5.00. The zero-order valence-electron chi connectivity index (χ0n) is 13.3. The van der Waals surface area contributed by atoms with Crippen LogP contribution in [-0.2, 0) is 9.53 Å². The van der Waals surface area contributed by atoms with E-state index in [2.05, 4.69) is 12.2 Å². The van der Waals surface area contributed by atoms with Crippen LogP contribution in [0.25, 0.3) is 0 Å². The maximum atomic E-state index is 12.3. The predicted molar refractivity (Wildman–Crippen MR) is 80.9 cm³/mol. The van der Waals surface area contributed by atoms with Crippen LogP contribution in [0.3, 0.4) is 0 Å². The van der Waals surface area contributed by atoms with Crippen molar-refractivity contribution < 1.29 is 14.3 Å². The molecule has 0 spiro atoms. The van der Waals surface area contributed by atoms with Gasteiger partial charge < -0.3 is 15.0 Å². The summed E-state index contributed by atoms with van der Waals surface area (Å²) in [6.45, 7) is 5.62. The number of carbonyl (C=O) groups excluding carboxylic acids is 2. The van der Waals surface area contributed by atoms with Gasteiger partial charge in [0.25, 0.3) is 0 Å². The molecule has 0 aromatic carbocycles. The van der Waals surface area contributed by atoms with Crippen molar-refractivity contribution >= 4 is 12.0 Å². The van der Waals surface area contributed by atoms with Crippen LogP contribution < -0.4 is 5.32 Å². The number of nitrogens with zero attached hydrogens (tertiary/aromatic N) is 1. The van der Waals surface area contributed by atoms with E-state index in [0.29, 0.717) is 25.6 Å². The lowest BCUT2D eigenvalue weighted by Gasteiger charge is -2.32. The van der Waals surface area contributed by atoms with Gasteiger partial charge in [-0.1, -0.05) is 19.8 Å². The van der Waals surface area contributed by atoms with Crippen molar-refractivity contribution in [2.45, 2.75) is 58.4 Å². The zero-order chi connectivity index (χ0) is 15.2. The van der Waals surface area contributed by atoms with Crippen molar-refractivity contribution in [1.29, 1.82) is 0 Å². The Kier molecular flexibility index (Phi) is 5.88. The Labute approximate surface area is 127 Å². The standard InChI is InChI=1S/C16H28N2O3/c1-3-21-16(20)18-10-8-14(9-11-18)17-15(19)12(2)13-6-4-5-7-13/h12-14H,3-11H2,1-2H3,(H,17,19). The van der Waals surface area contributed by atoms with Gasteiger partial charge in [0.05, 0.1) is 6.61 Å². The van der Waals surface area contributed by atoms with E-state index in [0.717, 1.165) is 12.8 Å². The summed E-state index contributed by atoms with van der Waals surface area (Å²) in [5.41, 5.74) is 0. The fourth-order valence-corrected chi connectivity index (χ4v) is 3.43. The normalized spacial score (nSPS) is 22.1. The number of nitrogens with one attached hydrogen (secondary N) is 1. The molecule has 120 valence electrons. The summed E-state index contributed by atoms with van der Waals surface area (Å²) in [7, 11) is 0. The fraction of sp³-hybridized carbons (Fsp3) is 0.875. The van der Waals surface area contributed by atoms with E-state index < -0.39 is 0 Å². The molecule has 21 heavy (non-hydrogen) atoms. The average Bonchev–Trinajstić information content (AvgIpc) is 3.01. The van der Waals surface area contributed by atoms with Crippen LogP contribution in [0, 0.1) is 11.8 Å². The molecule has 2 fully saturated rings. The molecule has 5 nitrogen and oxygen atoms in total. The monoisotopic (exact) mass is 296 g/mol. The van der Waals surface area contributed by atoms with Crippen molar-refractivity contribution in [3.8, 4) is 0 Å². The molecule has 0 radical (unpaired) electrons. The first-order valence-corrected chi connectivity index (χ1v) is 8.34. The van der Waals surface area contributed by atoms with Gasteiger partial charge in [0.2, 0.25) is 5.91 Å². The Bertz CT molecular complexity index is 359. The van der Waals surface area contributed by atoms with Crippen LogP contribution >= 0.6 is 0 Å². The first kappa shape index (κ1) is 16.1. The molecule has 0 aromatic rings. The summed E-state index contributed by atoms with van der Waals surface area (Å²) in [4.78, 5) is 25.7. The van der Waals surface area contributed by atoms with Crippen molar-refractivity contribution in [3.63, 3.8) is 0 Å². The Balaban J connectivity index is 1.72. The second kappa shape index (κ2) is 7.66. The second-order valence-electron chi connectivity index (χ2n) is 6.30. The van der Waals surface area contributed by atoms with Crippen LogP contribution in [0.1, 0.15) is 52.4 Å². The summed E-state index contributed by atoms with van der Waals surface area (Å²) in [5, 5.41) is 3.17. The Morgan fingerprint density at radius 1 is 1.19 bits per heavy atom. The van der Waals surface area contributed by atoms with Crippen LogP contribution in [0.2, 0.25) is 0 Å². The van der Waals surface area contributed by atoms with Gasteiger partial charge in [-0.3, -0.25) is 4.79 Å². The van der Waals surface area contributed by atoms with E-state index in [1.807, 2.05) is 6.92 Å². The van der Waals surface area contributed by atoms with E-state index in [1.165, 1.54) is 25.7 Å². The highest BCUT2D eigenvalue weighted by Gasteiger charge is 2.30. The minimum atomic E-state index is -0.235. The molecule has 0 aromatic heterocycles. The summed E-state index contributed by atoms with van der Waals surface area (Å²) in [5.74, 6) is 0.872. The molecule has 2 aliphatic rings. The Morgan fingerprint density at radius 3 is 2.38 bits per heavy atom. The number of hydrogen-bond donors (Lipinski definition) is 1. The molecule has 1 unspecified atom stereocenters. The first-order chi connectivity index (χ1) is 10.1. The predicted octanol–water partition coefficient (Wildman–Crippen LogP) is 2.55. The molecular weight excluding hydrogens is 268 g/mol. The molecule has 0 bridgehead atoms. The second-order valence-corrected chi connectivity index (χ2v) is 6.30. The average molecular weight is 296 g/mol. The van der Waals surface area contributed by atoms with Crippen molar-refractivity contribution in [2.24, 2.45) is 11.8 Å². The highest BCUT2D eigenvalue weighted by Crippen LogP contribution is 2.31. The highest BCUT2D eigenvalue weighted by molar-refractivity contribution is 5.79. The first-order valence-electron chi connectivity index (χ1n) is 8.34. The summed E-state index contributed by atoms with van der Waals surface area (Å²) in [6.07, 6.45) is 6.32. The third-order valence-corrected chi connectivity index (χ3v) is 4.89. The van der Waals surface area contributed by atoms with Gasteiger partial charge >= 0.3 is 6.09 Å². The van der Waals surface area contributed by atoms with Gasteiger partial charge in [-0.2, -0.15) is 0 Å². The van der Waals surface area contributed by atoms with Crippen molar-refractivity contribution in [1.82, 2.24) is 10.2 Å². The van der Waals surface area contributed by atoms with Gasteiger partial charge in [0, 0.05) is 25.0 Å². The molecule has 1 atom stereocenters. The fourth-order valence-electron chi connectivity index (χ4n) is 3.43. The van der Waals surface area contributed by atoms with Crippen LogP contribution in [-0.4, -0.2) is 42.6 Å². The van der Waals surface area contributed by atoms with Gasteiger partial charge in [0.1, 0.15) is 0 Å². The lowest BCUT2D eigenvalue weighted by atomic mass is 9.91. The molecule has 1 N–H and O–H groups in total. The van der Waals surface area contributed by atoms with E-state index >= 15 is 0 Å². The maximum Gasteiger partial charge on any atom is 0.409 e. The van der Waals surface area contributed by atoms with Crippen LogP contribution in [0.5, 0.6) is 0 Å². The molecule has 1 heterocycles. The minimum absolute atomic E-state index is 0.121. The van der Waals surface area contributed by atoms with Gasteiger partial charge in [-0.05, 0) is 38.5 Å². The topological polar surface area (TPSA) is 58.6 Å². The van der Waals surface area contributed by atoms with Crippen LogP contribution in [0.4, 0.5) is 4.79 Å². The lowest BCUT2D eigenvalue weighted by molar-refractivity contribution is -0.127. The maximum absolute atomic E-state index is 12.3. The largest absolute Gasteiger partial charge is 0.450 e. The molecule has 1 aliphatic carbocycles. The number of piperidine rings is 1. The van der Waals surface area contributed by atoms with Crippen LogP contribution in [0.15, 0.2) is 0 Å². The number of ether oxygens (including phenoxy) is 1. The molecule has 1 aliphatic heterocycles. The van der Waals surface area contributed by atoms with E-state index in [4.69, 9.17) is 4.74 Å². The number of carbonyl (C=O) groups is 2. The van der Waals surface area contributed by atoms with E-state index in [9.17, 15) is 9.59 Å². The Morgan fingerprint density at radius 2 is 1.81 bits per heavy atom. The van der Waals surface area contributed by atoms with E-state index in [-0.39, 0.29) is 24.0 Å². The minimum Gasteiger partial charge on any atom is -0.450 e. The third-order valence-electron chi connectivity index (χ3n) is 4.89. The number of rotatable bonds is 4. The van der Waals surface area contributed by atoms with Gasteiger partial charge in [-0.15, -0.1) is 0 Å². The quantitative estimate of drug-likeness (QED) is 0.867. The zero-order valence-corrected chi connectivity index (χ0v) is 13.3. The van der Waals surface area contributed by atoms with Crippen molar-refractivity contribution in [3.05, 3.63) is 0 Å². The molecule has 2 rings (SSSR count). The van der Waals surface area contributed by atoms with Gasteiger partial charge in [-0.25, -0.2) is 4.79 Å². The molecule has 5 heteroatoms. The molecule has 2 amide bonds. The third kappa shape index (κ3) is 4.35. The molecule has 1 saturated carbocycles. The molecule has 1 saturated heterocycles. The van der Waals surface area contributed by atoms with E-state index in [1.54, 1.807) is 4.90 Å². The number of likely N-dealkylation sites (tertiary alicyclic amines) is 1. The SMILES string of the molecule is CCOC(=O)N1CCC(NC(=O)C(C)C2CCCC2)CC1. The number of hydrogen-bond acceptors (Lipinski definition) is 3. The van der Waals surface area contributed by atoms with Crippen molar-refractivity contribution in [2.75, 3.05) is 19.7 Å². The number of amides is 2. The highest BCUT2D eigenvalue weighted by atomic mass is 16.6. The lowest BCUT2D eigenvalue weighted by Crippen LogP contribution is -2.48. The smallest absolute Gasteiger partial charge is 0.409 e. The van der Waals surface area contributed by atoms with Gasteiger partial charge in [0.15, 0.2) is 0 Å². The molecular formula is C16H28N2O3. The summed E-state index contributed by atoms with van der Waals surface area (Å²) >= 11 is 0.